The van der Waals surface area contributed by atoms with Gasteiger partial charge in [0.05, 0.1) is 5.69 Å². The lowest BCUT2D eigenvalue weighted by molar-refractivity contribution is 0.586. The zero-order chi connectivity index (χ0) is 12.2. The third-order valence-corrected chi connectivity index (χ3v) is 3.67. The number of rotatable bonds is 5. The Balaban J connectivity index is 2.83. The van der Waals surface area contributed by atoms with Gasteiger partial charge in [-0.05, 0) is 47.0 Å². The molecule has 0 bridgehead atoms. The van der Waals surface area contributed by atoms with Crippen LogP contribution in [0.5, 0.6) is 0 Å². The van der Waals surface area contributed by atoms with Crippen molar-refractivity contribution < 1.29 is 8.42 Å². The van der Waals surface area contributed by atoms with Crippen molar-refractivity contribution in [3.05, 3.63) is 28.2 Å². The van der Waals surface area contributed by atoms with E-state index >= 15 is 0 Å². The molecule has 1 rings (SSSR count). The predicted octanol–water partition coefficient (Wildman–Crippen LogP) is 2.41. The van der Waals surface area contributed by atoms with Gasteiger partial charge >= 0.3 is 0 Å². The monoisotopic (exact) mass is 306 g/mol. The maximum absolute atomic E-state index is 11.6. The summed E-state index contributed by atoms with van der Waals surface area (Å²) in [5.41, 5.74) is 1.54. The van der Waals surface area contributed by atoms with Crippen molar-refractivity contribution in [3.8, 4) is 0 Å². The second-order valence-corrected chi connectivity index (χ2v) is 5.84. The van der Waals surface area contributed by atoms with E-state index in [0.717, 1.165) is 16.5 Å². The Kier molecular flexibility index (Phi) is 4.76. The van der Waals surface area contributed by atoms with Gasteiger partial charge in [0.25, 0.3) is 10.2 Å². The number of anilines is 1. The van der Waals surface area contributed by atoms with Crippen LogP contribution < -0.4 is 9.44 Å². The molecule has 16 heavy (non-hydrogen) atoms. The molecule has 0 aliphatic rings. The van der Waals surface area contributed by atoms with Gasteiger partial charge in [0, 0.05) is 11.0 Å². The van der Waals surface area contributed by atoms with E-state index in [1.54, 1.807) is 6.07 Å². The quantitative estimate of drug-likeness (QED) is 0.877. The van der Waals surface area contributed by atoms with E-state index in [4.69, 9.17) is 0 Å². The van der Waals surface area contributed by atoms with Gasteiger partial charge in [-0.15, -0.1) is 0 Å². The molecule has 0 aliphatic carbocycles. The third kappa shape index (κ3) is 4.11. The predicted molar refractivity (Wildman–Crippen MR) is 69.7 cm³/mol. The van der Waals surface area contributed by atoms with Gasteiger partial charge in [-0.25, -0.2) is 0 Å². The standard InChI is InChI=1S/C10H15BrN2O2S/c1-3-6-12-16(14,15)13-10-7-8(2)4-5-9(10)11/h4-5,7,12-13H,3,6H2,1-2H3. The number of hydrogen-bond donors (Lipinski definition) is 2. The van der Waals surface area contributed by atoms with Crippen LogP contribution >= 0.6 is 15.9 Å². The Bertz CT molecular complexity index is 460. The lowest BCUT2D eigenvalue weighted by atomic mass is 10.2. The maximum Gasteiger partial charge on any atom is 0.299 e. The van der Waals surface area contributed by atoms with Crippen LogP contribution in [0.25, 0.3) is 0 Å². The molecule has 0 heterocycles. The van der Waals surface area contributed by atoms with Crippen LogP contribution in [0, 0.1) is 6.92 Å². The summed E-state index contributed by atoms with van der Waals surface area (Å²) in [4.78, 5) is 0. The van der Waals surface area contributed by atoms with E-state index in [9.17, 15) is 8.42 Å². The second-order valence-electron chi connectivity index (χ2n) is 3.48. The first-order valence-corrected chi connectivity index (χ1v) is 7.26. The Morgan fingerprint density at radius 3 is 2.69 bits per heavy atom. The Morgan fingerprint density at radius 1 is 1.38 bits per heavy atom. The largest absolute Gasteiger partial charge is 0.299 e. The summed E-state index contributed by atoms with van der Waals surface area (Å²) < 4.78 is 28.8. The van der Waals surface area contributed by atoms with Gasteiger partial charge in [0.1, 0.15) is 0 Å². The smallest absolute Gasteiger partial charge is 0.270 e. The third-order valence-electron chi connectivity index (χ3n) is 1.91. The fraction of sp³-hybridized carbons (Fsp3) is 0.400. The summed E-state index contributed by atoms with van der Waals surface area (Å²) in [6.07, 6.45) is 0.760. The molecule has 0 unspecified atom stereocenters. The minimum Gasteiger partial charge on any atom is -0.270 e. The average Bonchev–Trinajstić information content (AvgIpc) is 2.20. The topological polar surface area (TPSA) is 58.2 Å². The highest BCUT2D eigenvalue weighted by atomic mass is 79.9. The van der Waals surface area contributed by atoms with Gasteiger partial charge in [-0.3, -0.25) is 4.72 Å². The minimum atomic E-state index is -3.47. The molecule has 2 N–H and O–H groups in total. The van der Waals surface area contributed by atoms with Crippen LogP contribution in [0.3, 0.4) is 0 Å². The molecular formula is C10H15BrN2O2S. The van der Waals surface area contributed by atoms with Crippen LogP contribution in [-0.4, -0.2) is 15.0 Å². The van der Waals surface area contributed by atoms with Crippen LogP contribution in [0.2, 0.25) is 0 Å². The van der Waals surface area contributed by atoms with Crippen LogP contribution in [0.4, 0.5) is 5.69 Å². The van der Waals surface area contributed by atoms with Crippen molar-refractivity contribution >= 4 is 31.8 Å². The van der Waals surface area contributed by atoms with E-state index in [-0.39, 0.29) is 0 Å². The van der Waals surface area contributed by atoms with Crippen molar-refractivity contribution in [2.75, 3.05) is 11.3 Å². The summed E-state index contributed by atoms with van der Waals surface area (Å²) in [5.74, 6) is 0. The van der Waals surface area contributed by atoms with Crippen LogP contribution in [0.1, 0.15) is 18.9 Å². The Hall–Kier alpha value is -0.590. The molecule has 0 saturated heterocycles. The van der Waals surface area contributed by atoms with Gasteiger partial charge in [0.15, 0.2) is 0 Å². The van der Waals surface area contributed by atoms with E-state index in [0.29, 0.717) is 12.2 Å². The molecular weight excluding hydrogens is 292 g/mol. The molecule has 0 atom stereocenters. The van der Waals surface area contributed by atoms with Crippen molar-refractivity contribution in [2.45, 2.75) is 20.3 Å². The molecule has 0 radical (unpaired) electrons. The highest BCUT2D eigenvalue weighted by Gasteiger charge is 2.10. The molecule has 0 spiro atoms. The zero-order valence-electron chi connectivity index (χ0n) is 9.25. The highest BCUT2D eigenvalue weighted by molar-refractivity contribution is 9.10. The van der Waals surface area contributed by atoms with Gasteiger partial charge < -0.3 is 0 Å². The summed E-state index contributed by atoms with van der Waals surface area (Å²) in [6.45, 7) is 4.24. The molecule has 0 aliphatic heterocycles. The molecule has 0 saturated carbocycles. The first kappa shape index (κ1) is 13.5. The summed E-state index contributed by atoms with van der Waals surface area (Å²) >= 11 is 3.30. The molecule has 0 amide bonds. The molecule has 1 aromatic carbocycles. The first-order valence-electron chi connectivity index (χ1n) is 4.98. The minimum absolute atomic E-state index is 0.429. The molecule has 0 aromatic heterocycles. The fourth-order valence-electron chi connectivity index (χ4n) is 1.13. The maximum atomic E-state index is 11.6. The van der Waals surface area contributed by atoms with E-state index < -0.39 is 10.2 Å². The van der Waals surface area contributed by atoms with Gasteiger partial charge in [-0.2, -0.15) is 13.1 Å². The molecule has 90 valence electrons. The Morgan fingerprint density at radius 2 is 2.06 bits per heavy atom. The number of nitrogens with one attached hydrogen (secondary N) is 2. The zero-order valence-corrected chi connectivity index (χ0v) is 11.7. The van der Waals surface area contributed by atoms with E-state index in [2.05, 4.69) is 25.4 Å². The number of benzene rings is 1. The Labute approximate surface area is 105 Å². The average molecular weight is 307 g/mol. The molecule has 4 nitrogen and oxygen atoms in total. The highest BCUT2D eigenvalue weighted by Crippen LogP contribution is 2.23. The van der Waals surface area contributed by atoms with Crippen molar-refractivity contribution in [1.29, 1.82) is 0 Å². The van der Waals surface area contributed by atoms with Gasteiger partial charge in [-0.1, -0.05) is 13.0 Å². The lowest BCUT2D eigenvalue weighted by Gasteiger charge is -2.10. The number of hydrogen-bond acceptors (Lipinski definition) is 2. The molecule has 1 aromatic rings. The first-order chi connectivity index (χ1) is 7.44. The van der Waals surface area contributed by atoms with Crippen molar-refractivity contribution in [3.63, 3.8) is 0 Å². The van der Waals surface area contributed by atoms with E-state index in [1.165, 1.54) is 0 Å². The number of halogens is 1. The normalized spacial score (nSPS) is 11.4. The summed E-state index contributed by atoms with van der Waals surface area (Å²) in [7, 11) is -3.47. The van der Waals surface area contributed by atoms with Crippen molar-refractivity contribution in [2.24, 2.45) is 0 Å². The number of aryl methyl sites for hydroxylation is 1. The van der Waals surface area contributed by atoms with E-state index in [1.807, 2.05) is 26.0 Å². The van der Waals surface area contributed by atoms with Crippen LogP contribution in [0.15, 0.2) is 22.7 Å². The van der Waals surface area contributed by atoms with Gasteiger partial charge in [0.2, 0.25) is 0 Å². The fourth-order valence-corrected chi connectivity index (χ4v) is 2.61. The van der Waals surface area contributed by atoms with Crippen molar-refractivity contribution in [1.82, 2.24) is 4.72 Å². The lowest BCUT2D eigenvalue weighted by Crippen LogP contribution is -2.30. The SMILES string of the molecule is CCCNS(=O)(=O)Nc1cc(C)ccc1Br. The molecule has 0 fully saturated rings. The van der Waals surface area contributed by atoms with Crippen LogP contribution in [-0.2, 0) is 10.2 Å². The summed E-state index contributed by atoms with van der Waals surface area (Å²) in [6, 6.07) is 5.49. The molecule has 6 heteroatoms. The summed E-state index contributed by atoms with van der Waals surface area (Å²) in [5, 5.41) is 0. The second kappa shape index (κ2) is 5.65.